The minimum absolute atomic E-state index is 0. The largest absolute Gasteiger partial charge is 0.512 e. The third-order valence-electron chi connectivity index (χ3n) is 10.3. The van der Waals surface area contributed by atoms with Crippen LogP contribution in [0.2, 0.25) is 0 Å². The molecule has 1 N–H and O–H groups in total. The molecule has 1 unspecified atom stereocenters. The van der Waals surface area contributed by atoms with Gasteiger partial charge in [0.1, 0.15) is 0 Å². The summed E-state index contributed by atoms with van der Waals surface area (Å²) in [6, 6.07) is 53.3. The van der Waals surface area contributed by atoms with Crippen LogP contribution < -0.4 is 0 Å². The smallest absolute Gasteiger partial charge is 0.159 e. The van der Waals surface area contributed by atoms with Crippen LogP contribution in [-0.4, -0.2) is 22.1 Å². The summed E-state index contributed by atoms with van der Waals surface area (Å²) in [5.74, 6) is -0.0919. The van der Waals surface area contributed by atoms with E-state index in [2.05, 4.69) is 157 Å². The number of benzene rings is 6. The van der Waals surface area contributed by atoms with E-state index in [1.807, 2.05) is 48.7 Å². The molecule has 0 fully saturated rings. The Bertz CT molecular complexity index is 2740. The third kappa shape index (κ3) is 9.61. The molecule has 7 heteroatoms. The third-order valence-corrected chi connectivity index (χ3v) is 11.6. The summed E-state index contributed by atoms with van der Waals surface area (Å²) in [7, 11) is 0. The zero-order valence-electron chi connectivity index (χ0n) is 32.1. The van der Waals surface area contributed by atoms with Crippen LogP contribution in [0.1, 0.15) is 36.9 Å². The number of halogens is 2. The molecule has 1 atom stereocenters. The second-order valence-electron chi connectivity index (χ2n) is 14.3. The van der Waals surface area contributed by atoms with Crippen LogP contribution in [0.25, 0.3) is 66.9 Å². The molecule has 1 aliphatic rings. The van der Waals surface area contributed by atoms with Crippen LogP contribution in [0.3, 0.4) is 0 Å². The van der Waals surface area contributed by atoms with Gasteiger partial charge >= 0.3 is 0 Å². The molecule has 0 bridgehead atoms. The summed E-state index contributed by atoms with van der Waals surface area (Å²) in [6.45, 7) is 1.52. The van der Waals surface area contributed by atoms with E-state index in [0.717, 1.165) is 93.4 Å². The molecule has 7 aromatic rings. The summed E-state index contributed by atoms with van der Waals surface area (Å²) in [5.41, 5.74) is 14.4. The van der Waals surface area contributed by atoms with Crippen molar-refractivity contribution in [1.29, 1.82) is 0 Å². The molecule has 293 valence electrons. The van der Waals surface area contributed by atoms with Crippen LogP contribution in [0.5, 0.6) is 0 Å². The molecule has 0 amide bonds. The van der Waals surface area contributed by atoms with Gasteiger partial charge in [0, 0.05) is 45.0 Å². The van der Waals surface area contributed by atoms with E-state index < -0.39 is 0 Å². The molecule has 1 aliphatic heterocycles. The average molecular weight is 1070 g/mol. The number of carbonyl (C=O) groups excluding carboxylic acids is 1. The van der Waals surface area contributed by atoms with E-state index in [9.17, 15) is 9.90 Å². The van der Waals surface area contributed by atoms with Crippen LogP contribution in [0.15, 0.2) is 178 Å². The molecular weight excluding hydrogens is 1040 g/mol. The van der Waals surface area contributed by atoms with Gasteiger partial charge in [0.05, 0.1) is 11.8 Å². The van der Waals surface area contributed by atoms with Crippen molar-refractivity contribution in [2.45, 2.75) is 32.2 Å². The Morgan fingerprint density at radius 3 is 1.88 bits per heavy atom. The van der Waals surface area contributed by atoms with Crippen molar-refractivity contribution in [1.82, 2.24) is 4.98 Å². The molecular formula is C52H38Br2IrN2O2-2. The first-order valence-electron chi connectivity index (χ1n) is 19.2. The van der Waals surface area contributed by atoms with Gasteiger partial charge in [-0.1, -0.05) is 149 Å². The molecule has 4 nitrogen and oxygen atoms in total. The Morgan fingerprint density at radius 1 is 0.729 bits per heavy atom. The molecule has 0 aliphatic carbocycles. The maximum atomic E-state index is 12.7. The number of ketones is 1. The first-order valence-corrected chi connectivity index (χ1v) is 20.8. The number of aryl methyl sites for hydroxylation is 1. The molecule has 1 aromatic heterocycles. The number of aliphatic hydroxyl groups excluding tert-OH is 1. The molecule has 0 saturated carbocycles. The summed E-state index contributed by atoms with van der Waals surface area (Å²) in [6.07, 6.45) is 10.8. The number of aliphatic hydroxyl groups is 1. The number of dihydropyridines is 1. The number of hydrogen-bond acceptors (Lipinski definition) is 4. The van der Waals surface area contributed by atoms with Gasteiger partial charge in [-0.15, -0.1) is 34.9 Å². The van der Waals surface area contributed by atoms with Crippen LogP contribution >= 0.6 is 31.9 Å². The normalized spacial score (nSPS) is 13.5. The van der Waals surface area contributed by atoms with Gasteiger partial charge in [0.25, 0.3) is 0 Å². The quantitative estimate of drug-likeness (QED) is 0.0798. The van der Waals surface area contributed by atoms with Gasteiger partial charge in [0.2, 0.25) is 0 Å². The fourth-order valence-corrected chi connectivity index (χ4v) is 8.66. The van der Waals surface area contributed by atoms with Gasteiger partial charge in [-0.25, -0.2) is 0 Å². The zero-order valence-corrected chi connectivity index (χ0v) is 37.7. The minimum atomic E-state index is -0.108. The monoisotopic (exact) mass is 1070 g/mol. The predicted molar refractivity (Wildman–Crippen MR) is 245 cm³/mol. The van der Waals surface area contributed by atoms with E-state index in [0.29, 0.717) is 6.42 Å². The number of nitrogens with zero attached hydrogens (tertiary/aromatic N) is 2. The summed E-state index contributed by atoms with van der Waals surface area (Å²) in [5, 5.41) is 9.73. The fourth-order valence-electron chi connectivity index (χ4n) is 7.53. The SMILES string of the molecule is C/C(O)=C/C(=O)CCc1ccccc1-c1cc(-c2ccccc2-c2c[c-]c(-c3ccccn3)cc2Br)cc(-c2ccccc2-c2c[c-]c(C3CC=CC=N3)cc2Br)c1.[Ir]. The van der Waals surface area contributed by atoms with E-state index in [1.165, 1.54) is 13.0 Å². The standard InChI is InChI=1S/C52H38Br2N2O2.Ir/c1-34(57)28-41(58)23-20-35-12-2-3-13-42(35)38-29-39(43-14-4-6-16-45(43)47-24-21-36(32-49(47)53)51-18-8-10-26-55-51)31-40(30-38)44-15-5-7-17-46(44)48-25-22-37(33-50(48)54)52-19-9-11-27-56-52;/h2-18,24-33,52,57H,19-20,23H2,1H3;/q-2;/b34-28-;. The van der Waals surface area contributed by atoms with Crippen molar-refractivity contribution >= 4 is 43.9 Å². The number of rotatable bonds is 11. The summed E-state index contributed by atoms with van der Waals surface area (Å²) in [4.78, 5) is 21.9. The second kappa shape index (κ2) is 19.2. The Labute approximate surface area is 376 Å². The molecule has 6 aromatic carbocycles. The van der Waals surface area contributed by atoms with Crippen molar-refractivity contribution < 1.29 is 30.0 Å². The average Bonchev–Trinajstić information content (AvgIpc) is 3.26. The molecule has 1 radical (unpaired) electrons. The Balaban J connectivity index is 0.00000528. The van der Waals surface area contributed by atoms with Crippen molar-refractivity contribution in [3.05, 3.63) is 196 Å². The van der Waals surface area contributed by atoms with E-state index in [-0.39, 0.29) is 44.1 Å². The number of aliphatic imine (C=N–C) groups is 1. The topological polar surface area (TPSA) is 62.5 Å². The van der Waals surface area contributed by atoms with Gasteiger partial charge in [-0.3, -0.25) is 9.79 Å². The molecule has 0 spiro atoms. The molecule has 8 rings (SSSR count). The van der Waals surface area contributed by atoms with Crippen LogP contribution in [0, 0.1) is 12.1 Å². The Hall–Kier alpha value is -5.30. The zero-order chi connectivity index (χ0) is 40.0. The minimum Gasteiger partial charge on any atom is -0.512 e. The summed E-state index contributed by atoms with van der Waals surface area (Å²) >= 11 is 7.83. The molecule has 0 saturated heterocycles. The van der Waals surface area contributed by atoms with Crippen LogP contribution in [0.4, 0.5) is 0 Å². The number of allylic oxidation sites excluding steroid dienone is 3. The van der Waals surface area contributed by atoms with Crippen molar-refractivity contribution in [3.63, 3.8) is 0 Å². The predicted octanol–water partition coefficient (Wildman–Crippen LogP) is 14.2. The number of pyridine rings is 1. The maximum Gasteiger partial charge on any atom is 0.159 e. The summed E-state index contributed by atoms with van der Waals surface area (Å²) < 4.78 is 1.93. The van der Waals surface area contributed by atoms with Crippen molar-refractivity contribution in [2.75, 3.05) is 0 Å². The van der Waals surface area contributed by atoms with Gasteiger partial charge in [-0.2, -0.15) is 18.2 Å². The second-order valence-corrected chi connectivity index (χ2v) is 16.0. The number of aromatic nitrogens is 1. The Kier molecular flexibility index (Phi) is 13.6. The van der Waals surface area contributed by atoms with E-state index in [1.54, 1.807) is 6.20 Å². The Morgan fingerprint density at radius 2 is 1.31 bits per heavy atom. The van der Waals surface area contributed by atoms with Crippen molar-refractivity contribution in [3.8, 4) is 66.9 Å². The first-order chi connectivity index (χ1) is 28.3. The van der Waals surface area contributed by atoms with Gasteiger partial charge in [0.15, 0.2) is 5.78 Å². The maximum absolute atomic E-state index is 12.7. The van der Waals surface area contributed by atoms with Crippen LogP contribution in [-0.2, 0) is 31.3 Å². The van der Waals surface area contributed by atoms with E-state index in [4.69, 9.17) is 0 Å². The van der Waals surface area contributed by atoms with E-state index >= 15 is 0 Å². The van der Waals surface area contributed by atoms with Crippen molar-refractivity contribution in [2.24, 2.45) is 4.99 Å². The van der Waals surface area contributed by atoms with Gasteiger partial charge in [-0.05, 0) is 94.7 Å². The molecule has 59 heavy (non-hydrogen) atoms. The number of carbonyl (C=O) groups is 1. The number of hydrogen-bond donors (Lipinski definition) is 1. The molecule has 2 heterocycles. The van der Waals surface area contributed by atoms with Gasteiger partial charge < -0.3 is 10.1 Å². The fraction of sp³-hybridized carbons (Fsp3) is 0.0962. The first kappa shape index (κ1) is 41.8.